The third-order valence-electron chi connectivity index (χ3n) is 3.24. The molecule has 0 aromatic carbocycles. The van der Waals surface area contributed by atoms with E-state index in [4.69, 9.17) is 0 Å². The van der Waals surface area contributed by atoms with Crippen molar-refractivity contribution in [3.05, 3.63) is 59.9 Å². The SMILES string of the molecule is Cn1cc(Br)c(-c2ccnnc2)n1.Cn1ccc(-c2ccnnc2)n1. The molecule has 0 spiro atoms. The molecule has 4 rings (SSSR count). The first kappa shape index (κ1) is 16.9. The second kappa shape index (κ2) is 7.75. The lowest BCUT2D eigenvalue weighted by Crippen LogP contribution is -1.88. The van der Waals surface area contributed by atoms with Crippen LogP contribution in [0.15, 0.2) is 59.9 Å². The summed E-state index contributed by atoms with van der Waals surface area (Å²) in [5.74, 6) is 0. The van der Waals surface area contributed by atoms with Crippen LogP contribution >= 0.6 is 15.9 Å². The Morgan fingerprint density at radius 3 is 1.96 bits per heavy atom. The maximum atomic E-state index is 4.28. The molecule has 8 nitrogen and oxygen atoms in total. The van der Waals surface area contributed by atoms with Crippen LogP contribution in [0.3, 0.4) is 0 Å². The van der Waals surface area contributed by atoms with Crippen molar-refractivity contribution in [1.82, 2.24) is 40.0 Å². The van der Waals surface area contributed by atoms with Crippen LogP contribution in [0.2, 0.25) is 0 Å². The lowest BCUT2D eigenvalue weighted by atomic mass is 10.2. The molecule has 0 aliphatic rings. The molecule has 4 heterocycles. The van der Waals surface area contributed by atoms with Crippen LogP contribution in [0.4, 0.5) is 0 Å². The summed E-state index contributed by atoms with van der Waals surface area (Å²) in [5, 5.41) is 23.5. The van der Waals surface area contributed by atoms with Crippen molar-refractivity contribution in [3.8, 4) is 22.5 Å². The van der Waals surface area contributed by atoms with E-state index in [1.165, 1.54) is 0 Å². The van der Waals surface area contributed by atoms with Crippen LogP contribution in [0, 0.1) is 0 Å². The Bertz CT molecular complexity index is 933. The second-order valence-corrected chi connectivity index (χ2v) is 5.99. The highest BCUT2D eigenvalue weighted by Crippen LogP contribution is 2.24. The summed E-state index contributed by atoms with van der Waals surface area (Å²) < 4.78 is 4.47. The highest BCUT2D eigenvalue weighted by atomic mass is 79.9. The van der Waals surface area contributed by atoms with Crippen LogP contribution in [-0.2, 0) is 14.1 Å². The third-order valence-corrected chi connectivity index (χ3v) is 3.82. The van der Waals surface area contributed by atoms with Gasteiger partial charge in [-0.2, -0.15) is 30.6 Å². The number of aryl methyl sites for hydroxylation is 2. The molecular formula is C16H15BrN8. The van der Waals surface area contributed by atoms with Gasteiger partial charge >= 0.3 is 0 Å². The van der Waals surface area contributed by atoms with Crippen molar-refractivity contribution >= 4 is 15.9 Å². The summed E-state index contributed by atoms with van der Waals surface area (Å²) in [6.07, 6.45) is 10.5. The molecule has 0 fully saturated rings. The Morgan fingerprint density at radius 2 is 1.48 bits per heavy atom. The van der Waals surface area contributed by atoms with Gasteiger partial charge < -0.3 is 0 Å². The summed E-state index contributed by atoms with van der Waals surface area (Å²) in [5.41, 5.74) is 3.76. The minimum absolute atomic E-state index is 0.886. The Kier molecular flexibility index (Phi) is 5.24. The maximum absolute atomic E-state index is 4.28. The first-order valence-electron chi connectivity index (χ1n) is 7.36. The second-order valence-electron chi connectivity index (χ2n) is 5.14. The smallest absolute Gasteiger partial charge is 0.108 e. The quantitative estimate of drug-likeness (QED) is 0.515. The number of hydrogen-bond acceptors (Lipinski definition) is 6. The maximum Gasteiger partial charge on any atom is 0.108 e. The summed E-state index contributed by atoms with van der Waals surface area (Å²) in [6, 6.07) is 5.70. The zero-order valence-corrected chi connectivity index (χ0v) is 15.2. The molecule has 0 unspecified atom stereocenters. The molecular weight excluding hydrogens is 384 g/mol. The lowest BCUT2D eigenvalue weighted by molar-refractivity contribution is 0.770. The van der Waals surface area contributed by atoms with Crippen molar-refractivity contribution in [2.24, 2.45) is 14.1 Å². The molecule has 0 amide bonds. The highest BCUT2D eigenvalue weighted by molar-refractivity contribution is 9.10. The molecule has 4 aromatic rings. The van der Waals surface area contributed by atoms with Gasteiger partial charge in [0, 0.05) is 37.6 Å². The van der Waals surface area contributed by atoms with Gasteiger partial charge in [0.15, 0.2) is 0 Å². The molecule has 0 atom stereocenters. The van der Waals surface area contributed by atoms with E-state index in [9.17, 15) is 0 Å². The average molecular weight is 399 g/mol. The minimum atomic E-state index is 0.886. The Morgan fingerprint density at radius 1 is 0.800 bits per heavy atom. The summed E-state index contributed by atoms with van der Waals surface area (Å²) in [4.78, 5) is 0. The standard InChI is InChI=1S/C8H7BrN4.C8H8N4/c1-13-5-7(9)8(12-13)6-2-3-10-11-4-6;1-12-5-3-8(11-12)7-2-4-9-10-6-7/h2-5H,1H3;2-6H,1H3. The van der Waals surface area contributed by atoms with Crippen LogP contribution in [0.25, 0.3) is 22.5 Å². The molecule has 0 bridgehead atoms. The van der Waals surface area contributed by atoms with Crippen LogP contribution in [-0.4, -0.2) is 40.0 Å². The van der Waals surface area contributed by atoms with Crippen molar-refractivity contribution in [2.45, 2.75) is 0 Å². The predicted molar refractivity (Wildman–Crippen MR) is 96.2 cm³/mol. The fourth-order valence-electron chi connectivity index (χ4n) is 2.10. The minimum Gasteiger partial charge on any atom is -0.275 e. The Hall–Kier alpha value is -2.94. The van der Waals surface area contributed by atoms with Gasteiger partial charge in [0.25, 0.3) is 0 Å². The number of rotatable bonds is 2. The van der Waals surface area contributed by atoms with E-state index >= 15 is 0 Å². The van der Waals surface area contributed by atoms with E-state index in [-0.39, 0.29) is 0 Å². The fraction of sp³-hybridized carbons (Fsp3) is 0.125. The number of halogens is 1. The van der Waals surface area contributed by atoms with Gasteiger partial charge in [-0.1, -0.05) is 0 Å². The first-order valence-corrected chi connectivity index (χ1v) is 8.15. The zero-order valence-electron chi connectivity index (χ0n) is 13.7. The van der Waals surface area contributed by atoms with Crippen molar-refractivity contribution in [2.75, 3.05) is 0 Å². The molecule has 126 valence electrons. The van der Waals surface area contributed by atoms with E-state index in [1.54, 1.807) is 34.2 Å². The highest BCUT2D eigenvalue weighted by Gasteiger charge is 2.06. The van der Waals surface area contributed by atoms with Gasteiger partial charge in [-0.25, -0.2) is 0 Å². The Balaban J connectivity index is 0.000000146. The van der Waals surface area contributed by atoms with E-state index < -0.39 is 0 Å². The van der Waals surface area contributed by atoms with Gasteiger partial charge in [0.05, 0.1) is 35.0 Å². The van der Waals surface area contributed by atoms with Crippen molar-refractivity contribution in [3.63, 3.8) is 0 Å². The van der Waals surface area contributed by atoms with Gasteiger partial charge in [-0.3, -0.25) is 9.36 Å². The topological polar surface area (TPSA) is 87.2 Å². The Labute approximate surface area is 152 Å². The van der Waals surface area contributed by atoms with Crippen molar-refractivity contribution < 1.29 is 0 Å². The van der Waals surface area contributed by atoms with E-state index in [2.05, 4.69) is 46.5 Å². The number of aromatic nitrogens is 8. The fourth-order valence-corrected chi connectivity index (χ4v) is 2.70. The van der Waals surface area contributed by atoms with Crippen LogP contribution in [0.5, 0.6) is 0 Å². The predicted octanol–water partition coefficient (Wildman–Crippen LogP) is 2.52. The summed E-state index contributed by atoms with van der Waals surface area (Å²) in [7, 11) is 3.76. The van der Waals surface area contributed by atoms with E-state index in [0.717, 1.165) is 27.0 Å². The van der Waals surface area contributed by atoms with Gasteiger partial charge in [-0.15, -0.1) is 0 Å². The van der Waals surface area contributed by atoms with Gasteiger partial charge in [0.1, 0.15) is 5.69 Å². The molecule has 0 N–H and O–H groups in total. The molecule has 9 heteroatoms. The molecule has 0 aliphatic carbocycles. The number of hydrogen-bond donors (Lipinski definition) is 0. The zero-order chi connectivity index (χ0) is 17.6. The third kappa shape index (κ3) is 4.32. The number of nitrogens with zero attached hydrogens (tertiary/aromatic N) is 8. The monoisotopic (exact) mass is 398 g/mol. The molecule has 4 aromatic heterocycles. The van der Waals surface area contributed by atoms with E-state index in [0.29, 0.717) is 0 Å². The molecule has 0 saturated heterocycles. The van der Waals surface area contributed by atoms with Crippen LogP contribution in [0.1, 0.15) is 0 Å². The molecule has 0 saturated carbocycles. The summed E-state index contributed by atoms with van der Waals surface area (Å²) in [6.45, 7) is 0. The lowest BCUT2D eigenvalue weighted by Gasteiger charge is -1.93. The molecule has 0 aliphatic heterocycles. The molecule has 0 radical (unpaired) electrons. The first-order chi connectivity index (χ1) is 12.1. The van der Waals surface area contributed by atoms with E-state index in [1.807, 2.05) is 44.7 Å². The largest absolute Gasteiger partial charge is 0.275 e. The normalized spacial score (nSPS) is 10.2. The van der Waals surface area contributed by atoms with Gasteiger partial charge in [0.2, 0.25) is 0 Å². The average Bonchev–Trinajstić information content (AvgIpc) is 3.22. The van der Waals surface area contributed by atoms with Crippen LogP contribution < -0.4 is 0 Å². The molecule has 25 heavy (non-hydrogen) atoms. The summed E-state index contributed by atoms with van der Waals surface area (Å²) >= 11 is 3.42. The van der Waals surface area contributed by atoms with Gasteiger partial charge in [-0.05, 0) is 34.1 Å². The van der Waals surface area contributed by atoms with Crippen molar-refractivity contribution in [1.29, 1.82) is 0 Å².